The number of aromatic nitrogens is 8. The van der Waals surface area contributed by atoms with Gasteiger partial charge in [-0.1, -0.05) is 60.7 Å². The molecule has 51 heteroatoms. The van der Waals surface area contributed by atoms with Crippen molar-refractivity contribution in [3.63, 3.8) is 0 Å². The zero-order chi connectivity index (χ0) is 81.5. The van der Waals surface area contributed by atoms with Gasteiger partial charge in [0, 0.05) is 63.6 Å². The standard InChI is InChI=1S/C21H29N6O13P3.C10H16N5O13P3.2C10H14N2O.C8H12N2/c1-12(28)23-7-6-13-2-4-14(5-3-13)9-41(31,32)39-43(35,36)40-42(33,34)37-8-15-17(29)18(30)21(38-15)27-11-26-16-19(22)24-10-25-20(16)27;11-8-5-9(13-2-12-8)15(3-14-5)10-7(17)6(16)4(26-10)1-25-30(21,22)28-31(23,24)27-29(18,19)20;2*1-8(13)12-7-6-9-2-4-10(11)5-3-9;9-6-5-7-1-3-8(10)4-2-7/h2-5,10-11,15,17-18,21,29-30H,6-9H2,1H3,(H,23,28)(H,31,32)(H,33,34)(H,35,36)(H2,22,24,25);2-4,6-7,10,16-17H,1H2,(H,21,22)(H,23,24)(H2,11,12,13)(H2,18,19,20);2*2-5H,6-7,11H2,1H3,(H,12,13);1-4H,5-6,9-10H2/p-6/t;4-,6?,7+,10-;;;/m.1.../s1. The first kappa shape index (κ1) is 90.9. The molecule has 2 aliphatic heterocycles. The Labute approximate surface area is 625 Å². The van der Waals surface area contributed by atoms with E-state index in [-0.39, 0.29) is 57.2 Å². The van der Waals surface area contributed by atoms with E-state index < -0.39 is 115 Å². The van der Waals surface area contributed by atoms with Crippen LogP contribution < -0.4 is 79.7 Å². The molecule has 2 fully saturated rings. The third-order valence-electron chi connectivity index (χ3n) is 14.8. The number of amides is 3. The van der Waals surface area contributed by atoms with E-state index in [0.717, 1.165) is 54.5 Å². The van der Waals surface area contributed by atoms with E-state index in [1.165, 1.54) is 71.4 Å². The fraction of sp³-hybridized carbons (Fsp3) is 0.373. The summed E-state index contributed by atoms with van der Waals surface area (Å²) in [5, 5.41) is 49.2. The van der Waals surface area contributed by atoms with E-state index in [0.29, 0.717) is 32.6 Å². The summed E-state index contributed by atoms with van der Waals surface area (Å²) in [7, 11) is -34.8. The Morgan fingerprint density at radius 2 is 0.773 bits per heavy atom. The Morgan fingerprint density at radius 1 is 0.455 bits per heavy atom. The van der Waals surface area contributed by atoms with Crippen molar-refractivity contribution in [3.05, 3.63) is 150 Å². The van der Waals surface area contributed by atoms with Crippen LogP contribution in [0.4, 0.5) is 28.7 Å². The molecule has 4 aromatic carbocycles. The normalized spacial score (nSPS) is 21.3. The lowest BCUT2D eigenvalue weighted by Gasteiger charge is -2.35. The summed E-state index contributed by atoms with van der Waals surface area (Å²) in [5.41, 5.74) is 40.7. The van der Waals surface area contributed by atoms with Gasteiger partial charge in [-0.05, 0) is 96.4 Å². The number of carbonyl (C=O) groups is 3. The monoisotopic (exact) mass is 1660 g/mol. The second-order valence-corrected chi connectivity index (χ2v) is 32.7. The van der Waals surface area contributed by atoms with Crippen LogP contribution in [-0.4, -0.2) is 158 Å². The van der Waals surface area contributed by atoms with Crippen LogP contribution in [0, 0.1) is 0 Å². The highest BCUT2D eigenvalue weighted by molar-refractivity contribution is 7.66. The SMILES string of the molecule is CC(=O)NCCc1ccc(CP(=O)([O-])OP(=O)([O-])OP(=O)([O-])OCC2OC(n3cnc4c(N)ncnc43)C(O)C2O)cc1.CC(=O)NCCc1ccc(N)cc1.CC(=O)NCCc1ccc(N)cc1.NCCc1ccc(N)cc1.Nc1ncnc2c1ncn2[C@@H]1O[C@H](COP(=O)([O-])OP(=O)([O-])OP(=O)([O-])O)C(O)[C@@H]1O. The number of anilines is 5. The van der Waals surface area contributed by atoms with Crippen molar-refractivity contribution in [1.29, 1.82) is 0 Å². The number of nitrogens with zero attached hydrogens (tertiary/aromatic N) is 8. The molecule has 3 amide bonds. The second-order valence-electron chi connectivity index (χ2n) is 23.5. The van der Waals surface area contributed by atoms with Crippen LogP contribution in [0.25, 0.3) is 22.3 Å². The lowest BCUT2D eigenvalue weighted by molar-refractivity contribution is -0.252. The van der Waals surface area contributed by atoms with Gasteiger partial charge in [0.15, 0.2) is 35.4 Å². The molecule has 20 N–H and O–H groups in total. The maximum Gasteiger partial charge on any atom is 0.280 e. The molecule has 4 aromatic heterocycles. The smallest absolute Gasteiger partial charge is 0.280 e. The molecular weight excluding hydrogens is 1580 g/mol. The first-order valence-corrected chi connectivity index (χ1v) is 41.2. The maximum absolute atomic E-state index is 12.3. The largest absolute Gasteiger partial charge is 0.778 e. The van der Waals surface area contributed by atoms with Crippen LogP contribution in [-0.2, 0) is 109 Å². The molecular formula is C59H79N17O28P6-6. The number of imidazole rings is 2. The van der Waals surface area contributed by atoms with Gasteiger partial charge in [-0.2, -0.15) is 0 Å². The number of aliphatic hydroxyl groups is 4. The molecule has 0 spiro atoms. The van der Waals surface area contributed by atoms with Crippen LogP contribution in [0.15, 0.2) is 122 Å². The molecule has 45 nitrogen and oxygen atoms in total. The van der Waals surface area contributed by atoms with Crippen LogP contribution in [0.5, 0.6) is 0 Å². The molecule has 0 radical (unpaired) electrons. The molecule has 2 aliphatic rings. The number of phosphoric acid groups is 5. The number of benzene rings is 4. The second kappa shape index (κ2) is 41.0. The topological polar surface area (TPSA) is 746 Å². The number of rotatable bonds is 29. The number of aliphatic hydroxyl groups excluding tert-OH is 4. The predicted octanol–water partition coefficient (Wildman–Crippen LogP) is -2.41. The highest BCUT2D eigenvalue weighted by Crippen LogP contribution is 2.64. The van der Waals surface area contributed by atoms with Gasteiger partial charge in [-0.3, -0.25) is 50.7 Å². The molecule has 2 saturated heterocycles. The summed E-state index contributed by atoms with van der Waals surface area (Å²) in [6, 6.07) is 29.0. The summed E-state index contributed by atoms with van der Waals surface area (Å²) < 4.78 is 106. The zero-order valence-corrected chi connectivity index (χ0v) is 63.7. The fourth-order valence-electron chi connectivity index (χ4n) is 9.67. The van der Waals surface area contributed by atoms with Crippen molar-refractivity contribution in [2.45, 2.75) is 102 Å². The highest BCUT2D eigenvalue weighted by Gasteiger charge is 2.47. The third kappa shape index (κ3) is 30.2. The number of carbonyl (C=O) groups excluding carboxylic acids is 3. The Balaban J connectivity index is 0.000000242. The molecule has 0 bridgehead atoms. The molecule has 14 atom stereocenters. The molecule has 604 valence electrons. The molecule has 0 aliphatic carbocycles. The maximum atomic E-state index is 12.3. The van der Waals surface area contributed by atoms with Gasteiger partial charge in [-0.15, -0.1) is 0 Å². The average molecular weight is 1660 g/mol. The Morgan fingerprint density at radius 3 is 1.10 bits per heavy atom. The van der Waals surface area contributed by atoms with Crippen molar-refractivity contribution in [3.8, 4) is 0 Å². The highest BCUT2D eigenvalue weighted by atomic mass is 31.3. The Kier molecular flexibility index (Phi) is 33.8. The van der Waals surface area contributed by atoms with E-state index in [1.807, 2.05) is 72.8 Å². The lowest BCUT2D eigenvalue weighted by atomic mass is 10.1. The Bertz CT molecular complexity index is 4590. The molecule has 10 rings (SSSR count). The zero-order valence-electron chi connectivity index (χ0n) is 58.3. The van der Waals surface area contributed by atoms with Gasteiger partial charge in [0.1, 0.15) is 67.9 Å². The number of nitrogen functional groups attached to an aromatic ring is 5. The van der Waals surface area contributed by atoms with Crippen LogP contribution >= 0.6 is 46.7 Å². The van der Waals surface area contributed by atoms with Gasteiger partial charge in [0.25, 0.3) is 39.1 Å². The lowest BCUT2D eigenvalue weighted by Crippen LogP contribution is -2.34. The number of hydrogen-bond donors (Lipinski definition) is 14. The van der Waals surface area contributed by atoms with Crippen molar-refractivity contribution in [2.75, 3.05) is 68.1 Å². The van der Waals surface area contributed by atoms with E-state index in [4.69, 9.17) is 48.8 Å². The van der Waals surface area contributed by atoms with Gasteiger partial charge >= 0.3 is 0 Å². The van der Waals surface area contributed by atoms with Gasteiger partial charge < -0.3 is 128 Å². The van der Waals surface area contributed by atoms with E-state index >= 15 is 0 Å². The number of nitrogens with two attached hydrogens (primary N) is 6. The average Bonchev–Trinajstić information content (AvgIpc) is 1.62. The third-order valence-corrected chi connectivity index (χ3v) is 23.1. The van der Waals surface area contributed by atoms with Gasteiger partial charge in [0.2, 0.25) is 17.7 Å². The quantitative estimate of drug-likeness (QED) is 0.0171. The fourth-order valence-corrected chi connectivity index (χ4v) is 16.6. The minimum Gasteiger partial charge on any atom is -0.778 e. The summed E-state index contributed by atoms with van der Waals surface area (Å²) >= 11 is 0. The van der Waals surface area contributed by atoms with Crippen LogP contribution in [0.1, 0.15) is 61.0 Å². The summed E-state index contributed by atoms with van der Waals surface area (Å²) in [5.74, 6) is -0.139. The number of fused-ring (bicyclic) bond motifs is 2. The van der Waals surface area contributed by atoms with E-state index in [9.17, 15) is 91.6 Å². The molecule has 110 heavy (non-hydrogen) atoms. The first-order chi connectivity index (χ1) is 51.4. The molecule has 8 aromatic rings. The minimum absolute atomic E-state index is 0.00967. The molecule has 6 heterocycles. The van der Waals surface area contributed by atoms with Gasteiger partial charge in [0.05, 0.1) is 25.9 Å². The summed E-state index contributed by atoms with van der Waals surface area (Å²) in [6.45, 7) is 4.70. The number of phosphoric ester groups is 2. The first-order valence-electron chi connectivity index (χ1n) is 32.1. The van der Waals surface area contributed by atoms with Crippen molar-refractivity contribution < 1.29 is 132 Å². The van der Waals surface area contributed by atoms with Crippen LogP contribution in [0.3, 0.4) is 0 Å². The summed E-state index contributed by atoms with van der Waals surface area (Å²) in [6.07, 6.45) is -5.69. The number of hydrogen-bond acceptors (Lipinski definition) is 39. The number of ether oxygens (including phenoxy) is 2. The van der Waals surface area contributed by atoms with E-state index in [1.54, 1.807) is 12.1 Å². The van der Waals surface area contributed by atoms with Crippen molar-refractivity contribution >= 4 is 115 Å². The van der Waals surface area contributed by atoms with Gasteiger partial charge in [-0.25, -0.2) is 42.8 Å². The molecule has 11 unspecified atom stereocenters. The van der Waals surface area contributed by atoms with Crippen molar-refractivity contribution in [1.82, 2.24) is 55.0 Å². The van der Waals surface area contributed by atoms with E-state index in [2.05, 4.69) is 72.1 Å². The predicted molar refractivity (Wildman–Crippen MR) is 378 cm³/mol. The van der Waals surface area contributed by atoms with Crippen molar-refractivity contribution in [2.24, 2.45) is 5.73 Å². The minimum atomic E-state index is -6.08. The summed E-state index contributed by atoms with van der Waals surface area (Å²) in [4.78, 5) is 134. The molecule has 0 saturated carbocycles. The Hall–Kier alpha value is -8.03. The van der Waals surface area contributed by atoms with Crippen LogP contribution in [0.2, 0.25) is 0 Å². The number of nitrogens with one attached hydrogen (secondary N) is 3.